The van der Waals surface area contributed by atoms with E-state index in [1.807, 2.05) is 50.2 Å². The molecule has 1 atom stereocenters. The summed E-state index contributed by atoms with van der Waals surface area (Å²) in [5.41, 5.74) is 2.35. The van der Waals surface area contributed by atoms with Gasteiger partial charge in [-0.25, -0.2) is 4.79 Å². The zero-order valence-electron chi connectivity index (χ0n) is 14.8. The lowest BCUT2D eigenvalue weighted by Crippen LogP contribution is -2.42. The highest BCUT2D eigenvalue weighted by Gasteiger charge is 2.21. The SMILES string of the molecule is Cc1ccc(C(=O)OCC(=O)NC[C@@H]2COc3ccccc3O2)c(C)c1. The molecule has 0 fully saturated rings. The van der Waals surface area contributed by atoms with Crippen molar-refractivity contribution in [1.82, 2.24) is 5.32 Å². The lowest BCUT2D eigenvalue weighted by atomic mass is 10.1. The van der Waals surface area contributed by atoms with Crippen molar-refractivity contribution in [3.8, 4) is 11.5 Å². The first-order valence-electron chi connectivity index (χ1n) is 8.42. The molecule has 0 spiro atoms. The maximum absolute atomic E-state index is 12.1. The first-order valence-corrected chi connectivity index (χ1v) is 8.42. The highest BCUT2D eigenvalue weighted by Crippen LogP contribution is 2.30. The van der Waals surface area contributed by atoms with Crippen molar-refractivity contribution in [1.29, 1.82) is 0 Å². The van der Waals surface area contributed by atoms with Crippen molar-refractivity contribution in [3.05, 3.63) is 59.2 Å². The highest BCUT2D eigenvalue weighted by molar-refractivity contribution is 5.92. The number of aryl methyl sites for hydroxylation is 2. The van der Waals surface area contributed by atoms with Crippen LogP contribution in [-0.4, -0.2) is 37.7 Å². The summed E-state index contributed by atoms with van der Waals surface area (Å²) in [5, 5.41) is 2.69. The molecule has 0 radical (unpaired) electrons. The second-order valence-corrected chi connectivity index (χ2v) is 6.20. The molecule has 1 heterocycles. The molecule has 2 aromatic carbocycles. The van der Waals surface area contributed by atoms with Gasteiger partial charge in [-0.3, -0.25) is 4.79 Å². The van der Waals surface area contributed by atoms with Crippen molar-refractivity contribution < 1.29 is 23.8 Å². The van der Waals surface area contributed by atoms with Gasteiger partial charge in [0.05, 0.1) is 12.1 Å². The summed E-state index contributed by atoms with van der Waals surface area (Å²) in [6.45, 7) is 4.07. The van der Waals surface area contributed by atoms with Crippen molar-refractivity contribution in [3.63, 3.8) is 0 Å². The van der Waals surface area contributed by atoms with Crippen LogP contribution in [0.15, 0.2) is 42.5 Å². The van der Waals surface area contributed by atoms with Crippen LogP contribution in [0.25, 0.3) is 0 Å². The molecular formula is C20H21NO5. The number of fused-ring (bicyclic) bond motifs is 1. The van der Waals surface area contributed by atoms with Crippen LogP contribution in [0.3, 0.4) is 0 Å². The third-order valence-corrected chi connectivity index (χ3v) is 4.03. The van der Waals surface area contributed by atoms with E-state index < -0.39 is 5.97 Å². The van der Waals surface area contributed by atoms with E-state index in [1.54, 1.807) is 6.07 Å². The minimum atomic E-state index is -0.510. The van der Waals surface area contributed by atoms with E-state index in [0.717, 1.165) is 11.1 Å². The molecule has 6 heteroatoms. The van der Waals surface area contributed by atoms with Crippen molar-refractivity contribution in [2.24, 2.45) is 0 Å². The van der Waals surface area contributed by atoms with E-state index in [9.17, 15) is 9.59 Å². The monoisotopic (exact) mass is 355 g/mol. The summed E-state index contributed by atoms with van der Waals surface area (Å²) >= 11 is 0. The molecule has 2 aromatic rings. The number of carbonyl (C=O) groups is 2. The third-order valence-electron chi connectivity index (χ3n) is 4.03. The van der Waals surface area contributed by atoms with Gasteiger partial charge in [0.2, 0.25) is 0 Å². The van der Waals surface area contributed by atoms with Crippen molar-refractivity contribution >= 4 is 11.9 Å². The molecule has 0 aromatic heterocycles. The van der Waals surface area contributed by atoms with Crippen LogP contribution >= 0.6 is 0 Å². The summed E-state index contributed by atoms with van der Waals surface area (Å²) in [7, 11) is 0. The fraction of sp³-hybridized carbons (Fsp3) is 0.300. The highest BCUT2D eigenvalue weighted by atomic mass is 16.6. The number of carbonyl (C=O) groups excluding carboxylic acids is 2. The number of ether oxygens (including phenoxy) is 3. The minimum Gasteiger partial charge on any atom is -0.486 e. The molecule has 1 aliphatic rings. The van der Waals surface area contributed by atoms with E-state index in [1.165, 1.54) is 0 Å². The number of esters is 1. The number of amides is 1. The number of rotatable bonds is 5. The Hall–Kier alpha value is -3.02. The first kappa shape index (κ1) is 17.8. The van der Waals surface area contributed by atoms with Crippen LogP contribution in [0.4, 0.5) is 0 Å². The van der Waals surface area contributed by atoms with Gasteiger partial charge in [0.25, 0.3) is 5.91 Å². The van der Waals surface area contributed by atoms with Crippen molar-refractivity contribution in [2.45, 2.75) is 20.0 Å². The molecule has 1 N–H and O–H groups in total. The minimum absolute atomic E-state index is 0.272. The molecular weight excluding hydrogens is 334 g/mol. The van der Waals surface area contributed by atoms with E-state index in [2.05, 4.69) is 5.32 Å². The molecule has 0 saturated carbocycles. The van der Waals surface area contributed by atoms with Gasteiger partial charge in [0.15, 0.2) is 18.1 Å². The number of nitrogens with one attached hydrogen (secondary N) is 1. The Bertz CT molecular complexity index is 818. The standard InChI is InChI=1S/C20H21NO5/c1-13-7-8-16(14(2)9-13)20(23)25-12-19(22)21-10-15-11-24-17-5-3-4-6-18(17)26-15/h3-9,15H,10-12H2,1-2H3,(H,21,22)/t15-/m1/s1. The van der Waals surface area contributed by atoms with Crippen LogP contribution in [0.1, 0.15) is 21.5 Å². The Balaban J connectivity index is 1.44. The largest absolute Gasteiger partial charge is 0.486 e. The second kappa shape index (κ2) is 7.91. The molecule has 136 valence electrons. The maximum Gasteiger partial charge on any atom is 0.338 e. The van der Waals surface area contributed by atoms with Crippen LogP contribution in [0, 0.1) is 13.8 Å². The molecule has 0 unspecified atom stereocenters. The third kappa shape index (κ3) is 4.33. The molecule has 26 heavy (non-hydrogen) atoms. The molecule has 0 bridgehead atoms. The molecule has 0 aliphatic carbocycles. The molecule has 1 amide bonds. The van der Waals surface area contributed by atoms with E-state index in [4.69, 9.17) is 14.2 Å². The second-order valence-electron chi connectivity index (χ2n) is 6.20. The van der Waals surface area contributed by atoms with Crippen LogP contribution in [0.5, 0.6) is 11.5 Å². The maximum atomic E-state index is 12.1. The van der Waals surface area contributed by atoms with E-state index >= 15 is 0 Å². The van der Waals surface area contributed by atoms with Crippen LogP contribution in [-0.2, 0) is 9.53 Å². The smallest absolute Gasteiger partial charge is 0.338 e. The molecule has 0 saturated heterocycles. The van der Waals surface area contributed by atoms with Gasteiger partial charge in [0, 0.05) is 0 Å². The van der Waals surface area contributed by atoms with Gasteiger partial charge in [-0.1, -0.05) is 29.8 Å². The summed E-state index contributed by atoms with van der Waals surface area (Å²) in [6.07, 6.45) is -0.288. The van der Waals surface area contributed by atoms with Gasteiger partial charge < -0.3 is 19.5 Å². The summed E-state index contributed by atoms with van der Waals surface area (Å²) in [5.74, 6) is 0.450. The van der Waals surface area contributed by atoms with Crippen LogP contribution in [0.2, 0.25) is 0 Å². The average Bonchev–Trinajstić information content (AvgIpc) is 2.64. The Morgan fingerprint density at radius 3 is 2.69 bits per heavy atom. The normalized spacial score (nSPS) is 15.2. The Morgan fingerprint density at radius 1 is 1.15 bits per heavy atom. The Morgan fingerprint density at radius 2 is 1.92 bits per heavy atom. The number of hydrogen-bond acceptors (Lipinski definition) is 5. The zero-order chi connectivity index (χ0) is 18.5. The predicted octanol–water partition coefficient (Wildman–Crippen LogP) is 2.42. The number of benzene rings is 2. The summed E-state index contributed by atoms with van der Waals surface area (Å²) in [6, 6.07) is 12.8. The topological polar surface area (TPSA) is 73.9 Å². The molecule has 1 aliphatic heterocycles. The quantitative estimate of drug-likeness (QED) is 0.834. The van der Waals surface area contributed by atoms with Crippen LogP contribution < -0.4 is 14.8 Å². The van der Waals surface area contributed by atoms with E-state index in [-0.39, 0.29) is 25.2 Å². The molecule has 3 rings (SSSR count). The Labute approximate surface area is 152 Å². The summed E-state index contributed by atoms with van der Waals surface area (Å²) in [4.78, 5) is 24.0. The van der Waals surface area contributed by atoms with Gasteiger partial charge in [-0.15, -0.1) is 0 Å². The van der Waals surface area contributed by atoms with Gasteiger partial charge in [0.1, 0.15) is 12.7 Å². The zero-order valence-corrected chi connectivity index (χ0v) is 14.8. The average molecular weight is 355 g/mol. The van der Waals surface area contributed by atoms with Gasteiger partial charge in [-0.05, 0) is 37.6 Å². The van der Waals surface area contributed by atoms with Crippen molar-refractivity contribution in [2.75, 3.05) is 19.8 Å². The predicted molar refractivity (Wildman–Crippen MR) is 95.6 cm³/mol. The van der Waals surface area contributed by atoms with Gasteiger partial charge >= 0.3 is 5.97 Å². The van der Waals surface area contributed by atoms with E-state index in [0.29, 0.717) is 23.7 Å². The lowest BCUT2D eigenvalue weighted by molar-refractivity contribution is -0.124. The fourth-order valence-electron chi connectivity index (χ4n) is 2.69. The lowest BCUT2D eigenvalue weighted by Gasteiger charge is -2.26. The number of hydrogen-bond donors (Lipinski definition) is 1. The first-order chi connectivity index (χ1) is 12.5. The fourth-order valence-corrected chi connectivity index (χ4v) is 2.69. The van der Waals surface area contributed by atoms with Gasteiger partial charge in [-0.2, -0.15) is 0 Å². The number of para-hydroxylation sites is 2. The summed E-state index contributed by atoms with van der Waals surface area (Å²) < 4.78 is 16.4. The molecule has 6 nitrogen and oxygen atoms in total. The Kier molecular flexibility index (Phi) is 5.41.